The molecule has 0 saturated carbocycles. The third-order valence-corrected chi connectivity index (χ3v) is 25.2. The van der Waals surface area contributed by atoms with Gasteiger partial charge >= 0.3 is 23.7 Å². The van der Waals surface area contributed by atoms with Gasteiger partial charge in [0.15, 0.2) is 0 Å². The van der Waals surface area contributed by atoms with Gasteiger partial charge in [-0.3, -0.25) is 118 Å². The number of hydrogen-bond acceptors (Lipinski definition) is 32. The number of terminal acetylenes is 5. The van der Waals surface area contributed by atoms with Gasteiger partial charge in [-0.1, -0.05) is 30.3 Å². The van der Waals surface area contributed by atoms with Gasteiger partial charge in [0, 0.05) is 114 Å². The first-order chi connectivity index (χ1) is 66.5. The Bertz CT molecular complexity index is 6390. The fraction of sp³-hybridized carbons (Fsp3) is 0.367. The van der Waals surface area contributed by atoms with E-state index in [1.807, 2.05) is 6.07 Å². The lowest BCUT2D eigenvalue weighted by molar-refractivity contribution is -0.138. The Morgan fingerprint density at radius 3 is 0.779 bits per heavy atom. The topological polar surface area (TPSA) is 550 Å². The fourth-order valence-electron chi connectivity index (χ4n) is 17.1. The summed E-state index contributed by atoms with van der Waals surface area (Å²) in [6.07, 6.45) is 26.5. The Kier molecular flexibility index (Phi) is 24.7. The molecule has 5 saturated heterocycles. The van der Waals surface area contributed by atoms with Crippen molar-refractivity contribution in [2.24, 2.45) is 51.1 Å². The maximum Gasteiger partial charge on any atom is 0.357 e. The zero-order valence-corrected chi connectivity index (χ0v) is 72.5. The Morgan fingerprint density at radius 2 is 0.543 bits per heavy atom. The molecule has 0 aromatic heterocycles. The first kappa shape index (κ1) is 95.9. The zero-order chi connectivity index (χ0) is 100. The number of rotatable bonds is 25. The van der Waals surface area contributed by atoms with Crippen molar-refractivity contribution in [2.75, 3.05) is 59.3 Å². The van der Waals surface area contributed by atoms with Crippen molar-refractivity contribution in [1.29, 1.82) is 0 Å². The van der Waals surface area contributed by atoms with E-state index in [1.165, 1.54) is 74.8 Å². The van der Waals surface area contributed by atoms with Gasteiger partial charge < -0.3 is 41.3 Å². The van der Waals surface area contributed by atoms with Gasteiger partial charge in [0.05, 0.1) is 61.4 Å². The lowest BCUT2D eigenvalue weighted by atomic mass is 10.0. The molecule has 5 fully saturated rings. The molecule has 0 radical (unpaired) electrons. The molecule has 15 aliphatic rings. The predicted octanol–water partition coefficient (Wildman–Crippen LogP) is 5.49. The molecule has 140 heavy (non-hydrogen) atoms. The average Bonchev–Trinajstić information content (AvgIpc) is 1.61. The van der Waals surface area contributed by atoms with Crippen LogP contribution in [-0.4, -0.2) is 240 Å². The molecule has 5 atom stereocenters. The van der Waals surface area contributed by atoms with E-state index in [0.717, 1.165) is 21.1 Å². The van der Waals surface area contributed by atoms with Crippen molar-refractivity contribution in [3.63, 3.8) is 0 Å². The Hall–Kier alpha value is -17.3. The molecule has 716 valence electrons. The molecule has 20 rings (SSSR count). The number of alkyl halides is 8. The van der Waals surface area contributed by atoms with Crippen LogP contribution >= 0.6 is 0 Å². The highest BCUT2D eigenvalue weighted by Crippen LogP contribution is 2.49. The number of hydrogen-bond donors (Lipinski definition) is 10. The van der Waals surface area contributed by atoms with Crippen LogP contribution in [0.15, 0.2) is 142 Å². The van der Waals surface area contributed by atoms with Crippen LogP contribution in [-0.2, 0) is 67.6 Å². The highest BCUT2D eigenvalue weighted by atomic mass is 19.3. The van der Waals surface area contributed by atoms with Crippen LogP contribution in [0, 0.1) is 61.7 Å². The molecule has 50 heteroatoms. The second-order valence-corrected chi connectivity index (χ2v) is 33.8. The van der Waals surface area contributed by atoms with E-state index in [0.29, 0.717) is 65.1 Å². The summed E-state index contributed by atoms with van der Waals surface area (Å²) in [5, 5.41) is 60.3. The van der Waals surface area contributed by atoms with Crippen molar-refractivity contribution in [3.8, 4) is 61.7 Å². The maximum atomic E-state index is 13.8. The monoisotopic (exact) mass is 1930 g/mol. The molecule has 5 aromatic rings. The summed E-state index contributed by atoms with van der Waals surface area (Å²) in [7, 11) is 0. The van der Waals surface area contributed by atoms with E-state index in [4.69, 9.17) is 32.1 Å². The highest BCUT2D eigenvalue weighted by Gasteiger charge is 2.66. The van der Waals surface area contributed by atoms with Crippen molar-refractivity contribution in [3.05, 3.63) is 147 Å². The second-order valence-electron chi connectivity index (χ2n) is 33.8. The van der Waals surface area contributed by atoms with E-state index < -0.39 is 160 Å². The lowest BCUT2D eigenvalue weighted by Gasteiger charge is -2.29. The van der Waals surface area contributed by atoms with E-state index >= 15 is 0 Å². The molecular weight excluding hydrogens is 1860 g/mol. The number of imide groups is 7. The standard InChI is InChI=1S/2C18H13F2N5O4.2C18H15F2N5O3.C18H17N5O3/c2*1-2-17(19,20)18(23-24-18)8-21-10-5-3-4-9-13(10)16(29)25(15(9)28)11-6-7-12(26)22-14(11)27;2*1-2-17(19,20)18(23-24-18)9-21-12-5-3-4-10-11(12)8-25(16(10)28)13-6-7-14(26)22-15(13)27;1-2-8-18(21-22-18)10-19-13-5-3-4-11-12(13)9-23(17(11)26)14-6-7-15(24)20-16(14)25/h2*1,3-5,11,21H,6-8H2,(H,22,26,27);2*1,3-5,13,21H,6-9H2,(H,22,26,27);1,3-5,14,19H,6-10H2,(H,20,24,25). The molecule has 5 unspecified atom stereocenters. The summed E-state index contributed by atoms with van der Waals surface area (Å²) in [5.74, 6) is -15.0. The van der Waals surface area contributed by atoms with Gasteiger partial charge in [-0.25, -0.2) is 0 Å². The predicted molar refractivity (Wildman–Crippen MR) is 463 cm³/mol. The van der Waals surface area contributed by atoms with Crippen molar-refractivity contribution in [2.45, 2.75) is 172 Å². The van der Waals surface area contributed by atoms with E-state index in [1.54, 1.807) is 48.5 Å². The molecule has 5 aromatic carbocycles. The number of carbonyl (C=O) groups is 17. The van der Waals surface area contributed by atoms with Gasteiger partial charge in [0.1, 0.15) is 30.2 Å². The summed E-state index contributed by atoms with van der Waals surface area (Å²) < 4.78 is 111. The molecular formula is C90H73F8N25O17. The van der Waals surface area contributed by atoms with Crippen LogP contribution < -0.4 is 53.2 Å². The molecule has 15 aliphatic heterocycles. The zero-order valence-electron chi connectivity index (χ0n) is 72.5. The largest absolute Gasteiger partial charge is 0.380 e. The molecule has 17 amide bonds. The summed E-state index contributed by atoms with van der Waals surface area (Å²) in [4.78, 5) is 213. The molecule has 0 aliphatic carbocycles. The summed E-state index contributed by atoms with van der Waals surface area (Å²) in [5.41, 5.74) is -3.63. The Balaban J connectivity index is 0.000000126. The summed E-state index contributed by atoms with van der Waals surface area (Å²) >= 11 is 0. The van der Waals surface area contributed by atoms with Gasteiger partial charge in [-0.05, 0) is 116 Å². The van der Waals surface area contributed by atoms with Crippen LogP contribution in [0.25, 0.3) is 0 Å². The number of nitrogens with one attached hydrogen (secondary N) is 10. The highest BCUT2D eigenvalue weighted by molar-refractivity contribution is 6.27. The van der Waals surface area contributed by atoms with Gasteiger partial charge in [0.2, 0.25) is 64.7 Å². The number of anilines is 5. The van der Waals surface area contributed by atoms with Crippen LogP contribution in [0.3, 0.4) is 0 Å². The third-order valence-electron chi connectivity index (χ3n) is 25.2. The molecule has 0 bridgehead atoms. The summed E-state index contributed by atoms with van der Waals surface area (Å²) in [6.45, 7) is -0.602. The van der Waals surface area contributed by atoms with Crippen LogP contribution in [0.5, 0.6) is 0 Å². The van der Waals surface area contributed by atoms with Gasteiger partial charge in [-0.15, -0.1) is 79.0 Å². The third kappa shape index (κ3) is 17.7. The van der Waals surface area contributed by atoms with Crippen molar-refractivity contribution in [1.82, 2.24) is 51.1 Å². The van der Waals surface area contributed by atoms with Gasteiger partial charge in [0.25, 0.3) is 64.0 Å². The van der Waals surface area contributed by atoms with Crippen molar-refractivity contribution >= 4 is 129 Å². The number of carbonyl (C=O) groups excluding carboxylic acids is 17. The molecule has 0 spiro atoms. The molecule has 42 nitrogen and oxygen atoms in total. The van der Waals surface area contributed by atoms with Crippen LogP contribution in [0.2, 0.25) is 0 Å². The first-order valence-corrected chi connectivity index (χ1v) is 42.7. The molecule has 15 heterocycles. The van der Waals surface area contributed by atoms with E-state index in [-0.39, 0.29) is 153 Å². The first-order valence-electron chi connectivity index (χ1n) is 42.7. The Morgan fingerprint density at radius 1 is 0.307 bits per heavy atom. The molecule has 10 N–H and O–H groups in total. The fourth-order valence-corrected chi connectivity index (χ4v) is 17.1. The smallest absolute Gasteiger partial charge is 0.357 e. The number of amides is 17. The van der Waals surface area contributed by atoms with Crippen LogP contribution in [0.4, 0.5) is 63.6 Å². The number of fused-ring (bicyclic) bond motifs is 5. The van der Waals surface area contributed by atoms with Crippen LogP contribution in [0.1, 0.15) is 160 Å². The normalized spacial score (nSPS) is 22.4. The minimum Gasteiger partial charge on any atom is -0.380 e. The maximum absolute atomic E-state index is 13.8. The number of nitrogens with zero attached hydrogens (tertiary/aromatic N) is 15. The lowest BCUT2D eigenvalue weighted by Crippen LogP contribution is -2.54. The SMILES string of the molecule is C#CC(F)(F)C1(CNc2cccc3c2C(=O)N(C2CCC(=O)NC2=O)C3=O)N=N1.C#CC(F)(F)C1(CNc2cccc3c2C(=O)N(C2CCC(=O)NC2=O)C3=O)N=N1.C#CC(F)(F)C1(CNc2cccc3c2CN(C2CCC(=O)NC2=O)C3=O)N=N1.C#CC(F)(F)C1(CNc2cccc3c2CN(C2CCC(=O)NC2=O)C3=O)N=N1.C#CCC1(CNc2cccc3c2CN(C2CCC(=O)NC2=O)C3=O)N=N1. The average molecular weight is 1930 g/mol. The van der Waals surface area contributed by atoms with E-state index in [2.05, 4.69) is 110 Å². The van der Waals surface area contributed by atoms with Gasteiger partial charge in [-0.2, -0.15) is 45.4 Å². The second kappa shape index (κ2) is 36.1. The minimum absolute atomic E-state index is 0.00810. The summed E-state index contributed by atoms with van der Waals surface area (Å²) in [6, 6.07) is 19.3. The quantitative estimate of drug-likeness (QED) is 0.0196. The number of halogens is 8. The van der Waals surface area contributed by atoms with E-state index in [9.17, 15) is 117 Å². The number of benzene rings is 5. The minimum atomic E-state index is -3.61. The Labute approximate surface area is 784 Å². The van der Waals surface area contributed by atoms with Crippen molar-refractivity contribution < 1.29 is 117 Å². The number of piperidine rings is 5.